The Bertz CT molecular complexity index is 1400. The SMILES string of the molecule is CC(O)CO.CC(O)CO.CSCC[C@H](N)C(=O)O.C[C@@H](O)[C@H](N)C(=O)O.N[C@@H](CO)C(=O)O.N[C@@H](CO)C(=O)O.N[C@@H](Cc1ccccc1)C(=O)O.N[C@@H](Cc1ccccc1)C(=O)O. The fourth-order valence-corrected chi connectivity index (χ4v) is 3.13. The molecule has 378 valence electrons. The van der Waals surface area contributed by atoms with Crippen LogP contribution in [-0.4, -0.2) is 195 Å². The van der Waals surface area contributed by atoms with E-state index in [9.17, 15) is 28.8 Å². The Kier molecular flexibility index (Phi) is 51.9. The first kappa shape index (κ1) is 71.7. The summed E-state index contributed by atoms with van der Waals surface area (Å²) in [5.41, 5.74) is 32.2. The van der Waals surface area contributed by atoms with Gasteiger partial charge in [0.05, 0.1) is 44.7 Å². The highest BCUT2D eigenvalue weighted by Gasteiger charge is 2.16. The van der Waals surface area contributed by atoms with E-state index in [-0.39, 0.29) is 13.2 Å². The van der Waals surface area contributed by atoms with Gasteiger partial charge in [-0.25, -0.2) is 0 Å². The Morgan fingerprint density at radius 2 is 0.723 bits per heavy atom. The molecule has 0 saturated heterocycles. The number of thioether (sulfide) groups is 1. The lowest BCUT2D eigenvalue weighted by Crippen LogP contribution is -2.39. The van der Waals surface area contributed by atoms with Crippen LogP contribution >= 0.6 is 11.8 Å². The molecule has 2 aromatic carbocycles. The van der Waals surface area contributed by atoms with Crippen molar-refractivity contribution in [2.75, 3.05) is 38.4 Å². The van der Waals surface area contributed by atoms with Gasteiger partial charge in [0.2, 0.25) is 0 Å². The zero-order valence-corrected chi connectivity index (χ0v) is 37.6. The van der Waals surface area contributed by atoms with Crippen LogP contribution in [0, 0.1) is 0 Å². The summed E-state index contributed by atoms with van der Waals surface area (Å²) in [5, 5.41) is 106. The van der Waals surface area contributed by atoms with Crippen molar-refractivity contribution in [3.63, 3.8) is 0 Å². The lowest BCUT2D eigenvalue weighted by Gasteiger charge is -2.06. The molecule has 26 heteroatoms. The molecular weight excluding hydrogens is 889 g/mol. The minimum atomic E-state index is -1.18. The van der Waals surface area contributed by atoms with Crippen LogP contribution in [0.5, 0.6) is 0 Å². The number of carboxylic acid groups (broad SMARTS) is 6. The van der Waals surface area contributed by atoms with Gasteiger partial charge in [-0.3, -0.25) is 28.8 Å². The number of nitrogens with two attached hydrogens (primary N) is 6. The number of aliphatic hydroxyl groups excluding tert-OH is 7. The highest BCUT2D eigenvalue weighted by Crippen LogP contribution is 2.02. The van der Waals surface area contributed by atoms with Gasteiger partial charge in [-0.05, 0) is 63.2 Å². The van der Waals surface area contributed by atoms with Crippen molar-refractivity contribution in [3.8, 4) is 0 Å². The van der Waals surface area contributed by atoms with Gasteiger partial charge in [0.15, 0.2) is 0 Å². The van der Waals surface area contributed by atoms with Crippen molar-refractivity contribution in [3.05, 3.63) is 71.8 Å². The fourth-order valence-electron chi connectivity index (χ4n) is 2.64. The molecule has 0 aliphatic heterocycles. The third-order valence-corrected chi connectivity index (χ3v) is 7.19. The number of benzene rings is 2. The molecule has 0 heterocycles. The maximum Gasteiger partial charge on any atom is 0.323 e. The van der Waals surface area contributed by atoms with Crippen molar-refractivity contribution in [1.82, 2.24) is 0 Å². The zero-order chi connectivity index (χ0) is 52.2. The van der Waals surface area contributed by atoms with Crippen LogP contribution < -0.4 is 34.4 Å². The predicted octanol–water partition coefficient (Wildman–Crippen LogP) is -4.29. The molecule has 9 atom stereocenters. The molecule has 0 aliphatic carbocycles. The van der Waals surface area contributed by atoms with E-state index in [1.54, 1.807) is 11.8 Å². The van der Waals surface area contributed by atoms with Crippen LogP contribution in [0.25, 0.3) is 0 Å². The summed E-state index contributed by atoms with van der Waals surface area (Å²) in [4.78, 5) is 60.0. The van der Waals surface area contributed by atoms with E-state index in [2.05, 4.69) is 0 Å². The third-order valence-electron chi connectivity index (χ3n) is 6.54. The van der Waals surface area contributed by atoms with E-state index < -0.39 is 104 Å². The molecule has 0 fully saturated rings. The fraction of sp³-hybridized carbons (Fsp3) is 0.538. The Labute approximate surface area is 381 Å². The predicted molar refractivity (Wildman–Crippen MR) is 240 cm³/mol. The molecule has 0 amide bonds. The number of hydrogen-bond acceptors (Lipinski definition) is 20. The normalized spacial score (nSPS) is 13.7. The molecule has 0 aliphatic rings. The van der Waals surface area contributed by atoms with Crippen LogP contribution in [-0.2, 0) is 41.6 Å². The van der Waals surface area contributed by atoms with Crippen molar-refractivity contribution in [1.29, 1.82) is 0 Å². The summed E-state index contributed by atoms with van der Waals surface area (Å²) in [7, 11) is 0. The molecule has 0 saturated carbocycles. The monoisotopic (exact) mass is 960 g/mol. The first-order valence-electron chi connectivity index (χ1n) is 19.0. The molecule has 0 spiro atoms. The summed E-state index contributed by atoms with van der Waals surface area (Å²) >= 11 is 1.60. The molecule has 2 unspecified atom stereocenters. The Balaban J connectivity index is -0.000000156. The van der Waals surface area contributed by atoms with Gasteiger partial charge in [-0.2, -0.15) is 11.8 Å². The largest absolute Gasteiger partial charge is 0.480 e. The van der Waals surface area contributed by atoms with E-state index in [4.69, 9.17) is 101 Å². The molecule has 2 rings (SSSR count). The zero-order valence-electron chi connectivity index (χ0n) is 36.8. The standard InChI is InChI=1S/2C9H11NO2.C5H11NO2S.C4H9NO3.2C3H7NO3.2C3H8O2/c2*10-8(9(11)12)6-7-4-2-1-3-5-7;1-9-3-2-4(6)5(7)8;1-2(6)3(5)4(7)8;2*4-2(1-5)3(6)7;2*1-3(5)2-4/h2*1-5,8H,6,10H2,(H,11,12);4H,2-3,6H2,1H3,(H,7,8);2-3,6H,5H2,1H3,(H,7,8);2*2,5H,1,4H2,(H,6,7);2*3-5H,2H2,1H3/t2*8-;4-;2-,3+;2*2-;;/m000100../s1. The maximum absolute atomic E-state index is 10.4. The van der Waals surface area contributed by atoms with Gasteiger partial charge in [0.1, 0.15) is 36.3 Å². The van der Waals surface area contributed by atoms with Crippen LogP contribution in [0.15, 0.2) is 60.7 Å². The summed E-state index contributed by atoms with van der Waals surface area (Å²) in [6.07, 6.45) is 1.15. The minimum Gasteiger partial charge on any atom is -0.480 e. The first-order chi connectivity index (χ1) is 30.0. The lowest BCUT2D eigenvalue weighted by atomic mass is 10.1. The average Bonchev–Trinajstić information content (AvgIpc) is 3.26. The molecule has 2 aromatic rings. The molecular formula is C39H72N6O19S. The van der Waals surface area contributed by atoms with Crippen LogP contribution in [0.4, 0.5) is 0 Å². The van der Waals surface area contributed by atoms with Crippen molar-refractivity contribution < 1.29 is 95.2 Å². The first-order valence-corrected chi connectivity index (χ1v) is 20.4. The number of carboxylic acids is 6. The number of carbonyl (C=O) groups is 6. The second-order valence-corrected chi connectivity index (χ2v) is 13.9. The third kappa shape index (κ3) is 55.2. The van der Waals surface area contributed by atoms with Crippen molar-refractivity contribution in [2.24, 2.45) is 34.4 Å². The summed E-state index contributed by atoms with van der Waals surface area (Å²) < 4.78 is 0. The van der Waals surface area contributed by atoms with E-state index in [1.807, 2.05) is 66.9 Å². The minimum absolute atomic E-state index is 0.139. The highest BCUT2D eigenvalue weighted by atomic mass is 32.2. The number of rotatable bonds is 18. The van der Waals surface area contributed by atoms with Crippen LogP contribution in [0.3, 0.4) is 0 Å². The van der Waals surface area contributed by atoms with Crippen LogP contribution in [0.1, 0.15) is 38.3 Å². The molecule has 65 heavy (non-hydrogen) atoms. The molecule has 0 aromatic heterocycles. The molecule has 0 bridgehead atoms. The summed E-state index contributed by atoms with van der Waals surface area (Å²) in [6, 6.07) is 13.0. The van der Waals surface area contributed by atoms with Crippen molar-refractivity contribution in [2.45, 2.75) is 94.6 Å². The van der Waals surface area contributed by atoms with Gasteiger partial charge in [0, 0.05) is 0 Å². The van der Waals surface area contributed by atoms with E-state index >= 15 is 0 Å². The van der Waals surface area contributed by atoms with Gasteiger partial charge in [0.25, 0.3) is 0 Å². The van der Waals surface area contributed by atoms with Gasteiger partial charge in [-0.1, -0.05) is 60.7 Å². The van der Waals surface area contributed by atoms with E-state index in [1.165, 1.54) is 20.8 Å². The van der Waals surface area contributed by atoms with Crippen molar-refractivity contribution >= 4 is 47.6 Å². The van der Waals surface area contributed by atoms with E-state index in [0.717, 1.165) is 16.9 Å². The number of hydrogen-bond donors (Lipinski definition) is 19. The number of aliphatic hydroxyl groups is 7. The highest BCUT2D eigenvalue weighted by molar-refractivity contribution is 7.98. The van der Waals surface area contributed by atoms with Gasteiger partial charge in [-0.15, -0.1) is 0 Å². The quantitative estimate of drug-likeness (QED) is 0.0672. The Morgan fingerprint density at radius 3 is 0.862 bits per heavy atom. The lowest BCUT2D eigenvalue weighted by molar-refractivity contribution is -0.141. The summed E-state index contributed by atoms with van der Waals surface area (Å²) in [6.45, 7) is 3.10. The Hall–Kier alpha value is -4.91. The van der Waals surface area contributed by atoms with Gasteiger partial charge >= 0.3 is 35.8 Å². The smallest absolute Gasteiger partial charge is 0.323 e. The second kappa shape index (κ2) is 47.1. The topological polar surface area (TPSA) is 522 Å². The second-order valence-electron chi connectivity index (χ2n) is 12.9. The van der Waals surface area contributed by atoms with E-state index in [0.29, 0.717) is 19.3 Å². The molecule has 25 N–H and O–H groups in total. The molecule has 0 radical (unpaired) electrons. The molecule has 25 nitrogen and oxygen atoms in total. The summed E-state index contributed by atoms with van der Waals surface area (Å²) in [5.74, 6) is -5.56. The van der Waals surface area contributed by atoms with Crippen LogP contribution in [0.2, 0.25) is 0 Å². The number of aliphatic carboxylic acids is 6. The van der Waals surface area contributed by atoms with Gasteiger partial charge < -0.3 is 101 Å². The average molecular weight is 961 g/mol. The Morgan fingerprint density at radius 1 is 0.462 bits per heavy atom. The maximum atomic E-state index is 10.4.